The predicted octanol–water partition coefficient (Wildman–Crippen LogP) is 6.73. The number of esters is 1. The Kier molecular flexibility index (Phi) is 10.9. The number of anilines is 1. The molecular formula is C37H37Cl2N3O8. The molecule has 3 fully saturated rings. The van der Waals surface area contributed by atoms with Gasteiger partial charge in [0.2, 0.25) is 0 Å². The van der Waals surface area contributed by atoms with Crippen molar-refractivity contribution in [2.75, 3.05) is 38.8 Å². The second-order valence-electron chi connectivity index (χ2n) is 12.3. The molecule has 0 spiro atoms. The van der Waals surface area contributed by atoms with Crippen LogP contribution in [0.25, 0.3) is 0 Å². The van der Waals surface area contributed by atoms with Crippen LogP contribution >= 0.6 is 23.2 Å². The van der Waals surface area contributed by atoms with Crippen molar-refractivity contribution in [1.29, 1.82) is 0 Å². The lowest BCUT2D eigenvalue weighted by Crippen LogP contribution is -2.53. The highest BCUT2D eigenvalue weighted by molar-refractivity contribution is 6.35. The number of benzene rings is 3. The van der Waals surface area contributed by atoms with E-state index in [-0.39, 0.29) is 40.4 Å². The predicted molar refractivity (Wildman–Crippen MR) is 187 cm³/mol. The van der Waals surface area contributed by atoms with Gasteiger partial charge < -0.3 is 29.3 Å². The Hall–Kier alpha value is -4.71. The zero-order valence-corrected chi connectivity index (χ0v) is 29.1. The van der Waals surface area contributed by atoms with Crippen LogP contribution in [0.1, 0.15) is 46.0 Å². The number of para-hydroxylation sites is 2. The van der Waals surface area contributed by atoms with Crippen LogP contribution in [-0.2, 0) is 22.4 Å². The lowest BCUT2D eigenvalue weighted by Gasteiger charge is -2.44. The van der Waals surface area contributed by atoms with Crippen molar-refractivity contribution in [3.63, 3.8) is 0 Å². The SMILES string of the molecule is COc1ccc(C(Cc2c(Cl)c[n+]([O-])cc2Cl)OC(=O)c2ccc(CN(C(=O)O[C@H]3CN4CCC3CC4)c3ccccc3O)cc2)cc1OC. The molecule has 50 heavy (non-hydrogen) atoms. The van der Waals surface area contributed by atoms with Crippen molar-refractivity contribution in [1.82, 2.24) is 4.90 Å². The van der Waals surface area contributed by atoms with E-state index < -0.39 is 18.2 Å². The fourth-order valence-corrected chi connectivity index (χ4v) is 7.09. The van der Waals surface area contributed by atoms with E-state index in [1.54, 1.807) is 60.7 Å². The van der Waals surface area contributed by atoms with Gasteiger partial charge in [-0.2, -0.15) is 4.73 Å². The van der Waals surface area contributed by atoms with Crippen LogP contribution in [0.4, 0.5) is 10.5 Å². The topological polar surface area (TPSA) is 125 Å². The molecule has 1 N–H and O–H groups in total. The number of phenolic OH excluding ortho intramolecular Hbond substituents is 1. The third-order valence-electron chi connectivity index (χ3n) is 9.25. The molecule has 11 nitrogen and oxygen atoms in total. The number of carbonyl (C=O) groups excluding carboxylic acids is 2. The number of hydrogen-bond donors (Lipinski definition) is 1. The molecule has 4 heterocycles. The summed E-state index contributed by atoms with van der Waals surface area (Å²) in [5.41, 5.74) is 2.28. The number of amides is 1. The van der Waals surface area contributed by atoms with Crippen molar-refractivity contribution >= 4 is 41.0 Å². The third-order valence-corrected chi connectivity index (χ3v) is 9.90. The summed E-state index contributed by atoms with van der Waals surface area (Å²) in [5.74, 6) is 0.561. The molecule has 7 rings (SSSR count). The molecule has 262 valence electrons. The van der Waals surface area contributed by atoms with Gasteiger partial charge in [-0.3, -0.25) is 9.80 Å². The number of ether oxygens (including phenoxy) is 4. The maximum atomic E-state index is 13.6. The van der Waals surface area contributed by atoms with E-state index in [0.29, 0.717) is 51.1 Å². The van der Waals surface area contributed by atoms with Crippen molar-refractivity contribution in [3.05, 3.63) is 117 Å². The summed E-state index contributed by atoms with van der Waals surface area (Å²) in [4.78, 5) is 30.9. The molecule has 1 unspecified atom stereocenters. The maximum absolute atomic E-state index is 13.6. The van der Waals surface area contributed by atoms with E-state index in [4.69, 9.17) is 42.1 Å². The molecule has 2 atom stereocenters. The van der Waals surface area contributed by atoms with Gasteiger partial charge in [0.1, 0.15) is 28.0 Å². The average molecular weight is 723 g/mol. The second-order valence-corrected chi connectivity index (χ2v) is 13.2. The summed E-state index contributed by atoms with van der Waals surface area (Å²) in [5, 5.41) is 22.8. The summed E-state index contributed by atoms with van der Waals surface area (Å²) in [6.07, 6.45) is 2.77. The van der Waals surface area contributed by atoms with Gasteiger partial charge in [-0.25, -0.2) is 9.59 Å². The van der Waals surface area contributed by atoms with Crippen LogP contribution in [0.3, 0.4) is 0 Å². The average Bonchev–Trinajstić information content (AvgIpc) is 3.12. The first-order valence-corrected chi connectivity index (χ1v) is 17.0. The van der Waals surface area contributed by atoms with Crippen molar-refractivity contribution in [2.45, 2.75) is 38.0 Å². The largest absolute Gasteiger partial charge is 0.619 e. The maximum Gasteiger partial charge on any atom is 0.415 e. The number of nitrogens with zero attached hydrogens (tertiary/aromatic N) is 3. The first kappa shape index (κ1) is 35.1. The molecule has 0 radical (unpaired) electrons. The molecule has 3 aliphatic rings. The molecule has 1 aromatic heterocycles. The normalized spacial score (nSPS) is 18.6. The number of hydrogen-bond acceptors (Lipinski definition) is 9. The second kappa shape index (κ2) is 15.5. The summed E-state index contributed by atoms with van der Waals surface area (Å²) < 4.78 is 23.4. The summed E-state index contributed by atoms with van der Waals surface area (Å²) in [6.45, 7) is 2.82. The zero-order chi connectivity index (χ0) is 35.4. The number of rotatable bonds is 11. The van der Waals surface area contributed by atoms with E-state index in [0.717, 1.165) is 25.9 Å². The number of halogens is 2. The molecule has 13 heteroatoms. The Morgan fingerprint density at radius 1 is 0.980 bits per heavy atom. The Labute approximate surface area is 300 Å². The fraction of sp³-hybridized carbons (Fsp3) is 0.324. The van der Waals surface area contributed by atoms with E-state index in [2.05, 4.69) is 4.90 Å². The van der Waals surface area contributed by atoms with Gasteiger partial charge in [0.25, 0.3) is 0 Å². The highest BCUT2D eigenvalue weighted by Crippen LogP contribution is 2.36. The van der Waals surface area contributed by atoms with E-state index in [9.17, 15) is 19.9 Å². The summed E-state index contributed by atoms with van der Waals surface area (Å²) in [6, 6.07) is 18.4. The van der Waals surface area contributed by atoms with Crippen molar-refractivity contribution in [3.8, 4) is 17.2 Å². The van der Waals surface area contributed by atoms with Crippen LogP contribution in [0, 0.1) is 11.1 Å². The molecular weight excluding hydrogens is 685 g/mol. The number of phenols is 1. The number of aromatic hydroxyl groups is 1. The van der Waals surface area contributed by atoms with E-state index >= 15 is 0 Å². The molecule has 0 aliphatic carbocycles. The number of pyridine rings is 1. The lowest BCUT2D eigenvalue weighted by molar-refractivity contribution is -0.605. The first-order valence-electron chi connectivity index (χ1n) is 16.2. The number of aromatic nitrogens is 1. The molecule has 3 saturated heterocycles. The standard InChI is InChI=1S/C37H37Cl2N3O8/c1-47-32-12-11-26(17-34(32)48-2)33(18-27-28(38)20-41(46)21-29(27)39)49-36(44)25-9-7-23(8-10-25)19-42(30-5-3-4-6-31(30)43)37(45)50-35-22-40-15-13-24(35)14-16-40/h3-12,17,20-21,24,33,35,43H,13-16,18-19,22H2,1-2H3/t33?,35-/m0/s1. The number of methoxy groups -OCH3 is 2. The Bertz CT molecular complexity index is 1830. The molecule has 2 bridgehead atoms. The minimum absolute atomic E-state index is 0.0524. The number of carbonyl (C=O) groups is 2. The monoisotopic (exact) mass is 721 g/mol. The molecule has 0 saturated carbocycles. The molecule has 1 amide bonds. The zero-order valence-electron chi connectivity index (χ0n) is 27.6. The Morgan fingerprint density at radius 2 is 1.66 bits per heavy atom. The molecule has 3 aromatic carbocycles. The van der Waals surface area contributed by atoms with Crippen molar-refractivity contribution in [2.24, 2.45) is 5.92 Å². The highest BCUT2D eigenvalue weighted by atomic mass is 35.5. The van der Waals surface area contributed by atoms with E-state index in [1.165, 1.54) is 37.6 Å². The van der Waals surface area contributed by atoms with Gasteiger partial charge in [-0.1, -0.05) is 53.5 Å². The highest BCUT2D eigenvalue weighted by Gasteiger charge is 2.37. The molecule has 3 aliphatic heterocycles. The number of piperidine rings is 3. The van der Waals surface area contributed by atoms with Gasteiger partial charge in [-0.05, 0) is 79.4 Å². The first-order chi connectivity index (χ1) is 24.1. The summed E-state index contributed by atoms with van der Waals surface area (Å²) in [7, 11) is 3.02. The minimum atomic E-state index is -0.878. The van der Waals surface area contributed by atoms with Crippen LogP contribution in [0.15, 0.2) is 79.1 Å². The smallest absolute Gasteiger partial charge is 0.415 e. The fourth-order valence-electron chi connectivity index (χ4n) is 6.50. The van der Waals surface area contributed by atoms with Gasteiger partial charge in [-0.15, -0.1) is 0 Å². The van der Waals surface area contributed by atoms with E-state index in [1.807, 2.05) is 0 Å². The quantitative estimate of drug-likeness (QED) is 0.102. The molecule has 4 aromatic rings. The Balaban J connectivity index is 1.22. The van der Waals surface area contributed by atoms with Crippen LogP contribution in [0.2, 0.25) is 10.0 Å². The van der Waals surface area contributed by atoms with Crippen LogP contribution < -0.4 is 19.1 Å². The van der Waals surface area contributed by atoms with Gasteiger partial charge in [0.15, 0.2) is 23.9 Å². The van der Waals surface area contributed by atoms with Crippen LogP contribution in [0.5, 0.6) is 17.2 Å². The van der Waals surface area contributed by atoms with Gasteiger partial charge in [0, 0.05) is 18.5 Å². The third kappa shape index (κ3) is 7.85. The lowest BCUT2D eigenvalue weighted by atomic mass is 9.86. The number of fused-ring (bicyclic) bond motifs is 3. The minimum Gasteiger partial charge on any atom is -0.619 e. The Morgan fingerprint density at radius 3 is 2.28 bits per heavy atom. The van der Waals surface area contributed by atoms with Gasteiger partial charge in [0.05, 0.1) is 32.0 Å². The van der Waals surface area contributed by atoms with Gasteiger partial charge >= 0.3 is 12.1 Å². The summed E-state index contributed by atoms with van der Waals surface area (Å²) >= 11 is 12.8. The van der Waals surface area contributed by atoms with Crippen molar-refractivity contribution < 1.29 is 38.4 Å². The van der Waals surface area contributed by atoms with Crippen LogP contribution in [-0.4, -0.2) is 62.0 Å².